The van der Waals surface area contributed by atoms with E-state index < -0.39 is 10.0 Å². The van der Waals surface area contributed by atoms with Gasteiger partial charge in [-0.25, -0.2) is 13.1 Å². The highest BCUT2D eigenvalue weighted by atomic mass is 127. The summed E-state index contributed by atoms with van der Waals surface area (Å²) in [6.07, 6.45) is 7.31. The maximum absolute atomic E-state index is 10.9. The van der Waals surface area contributed by atoms with E-state index in [0.29, 0.717) is 12.0 Å². The molecule has 0 aromatic carbocycles. The van der Waals surface area contributed by atoms with Gasteiger partial charge in [-0.2, -0.15) is 0 Å². The number of halogens is 1. The van der Waals surface area contributed by atoms with Crippen LogP contribution in [0.3, 0.4) is 0 Å². The number of hydrogen-bond acceptors (Lipinski definition) is 3. The summed E-state index contributed by atoms with van der Waals surface area (Å²) >= 11 is 0. The molecule has 0 bridgehead atoms. The van der Waals surface area contributed by atoms with Gasteiger partial charge in [0, 0.05) is 33.2 Å². The molecule has 0 amide bonds. The number of nitrogens with zero attached hydrogens (tertiary/aromatic N) is 2. The Kier molecular flexibility index (Phi) is 7.18. The molecule has 0 atom stereocenters. The maximum Gasteiger partial charge on any atom is 0.208 e. The van der Waals surface area contributed by atoms with Gasteiger partial charge in [-0.3, -0.25) is 4.99 Å². The molecule has 1 heterocycles. The van der Waals surface area contributed by atoms with Crippen molar-refractivity contribution in [3.05, 3.63) is 0 Å². The zero-order valence-corrected chi connectivity index (χ0v) is 16.0. The van der Waals surface area contributed by atoms with Crippen molar-refractivity contribution in [1.29, 1.82) is 0 Å². The lowest BCUT2D eigenvalue weighted by Crippen LogP contribution is -2.43. The van der Waals surface area contributed by atoms with Gasteiger partial charge in [0.05, 0.1) is 6.26 Å². The summed E-state index contributed by atoms with van der Waals surface area (Å²) in [6.45, 7) is 3.40. The Labute approximate surface area is 145 Å². The Morgan fingerprint density at radius 2 is 2.00 bits per heavy atom. The van der Waals surface area contributed by atoms with Gasteiger partial charge in [-0.05, 0) is 31.1 Å². The van der Waals surface area contributed by atoms with Crippen LogP contribution in [-0.2, 0) is 10.0 Å². The minimum absolute atomic E-state index is 0. The van der Waals surface area contributed by atoms with Crippen LogP contribution >= 0.6 is 24.0 Å². The fourth-order valence-corrected chi connectivity index (χ4v) is 3.59. The third-order valence-corrected chi connectivity index (χ3v) is 5.09. The lowest BCUT2D eigenvalue weighted by atomic mass is 9.68. The first-order chi connectivity index (χ1) is 9.44. The number of nitrogens with one attached hydrogen (secondary N) is 2. The van der Waals surface area contributed by atoms with E-state index in [1.165, 1.54) is 31.9 Å². The normalized spacial score (nSPS) is 21.0. The van der Waals surface area contributed by atoms with Crippen molar-refractivity contribution in [2.24, 2.45) is 10.4 Å². The fourth-order valence-electron chi connectivity index (χ4n) is 3.08. The van der Waals surface area contributed by atoms with Crippen LogP contribution < -0.4 is 10.0 Å². The molecule has 6 nitrogen and oxygen atoms in total. The summed E-state index contributed by atoms with van der Waals surface area (Å²) in [6, 6.07) is 0. The zero-order valence-electron chi connectivity index (χ0n) is 12.9. The van der Waals surface area contributed by atoms with E-state index in [1.54, 1.807) is 0 Å². The van der Waals surface area contributed by atoms with Crippen molar-refractivity contribution >= 4 is 40.0 Å². The minimum atomic E-state index is -3.08. The highest BCUT2D eigenvalue weighted by Crippen LogP contribution is 2.47. The SMILES string of the molecule is CN=C(NCCCNS(C)(=O)=O)N1CCC2(CCC2)C1.I. The molecule has 21 heavy (non-hydrogen) atoms. The van der Waals surface area contributed by atoms with Gasteiger partial charge in [0.2, 0.25) is 10.0 Å². The van der Waals surface area contributed by atoms with Gasteiger partial charge in [0.25, 0.3) is 0 Å². The Balaban J connectivity index is 0.00000220. The number of hydrogen-bond donors (Lipinski definition) is 2. The monoisotopic (exact) mass is 430 g/mol. The number of sulfonamides is 1. The standard InChI is InChI=1S/C13H26N4O2S.HI/c1-14-12(15-8-4-9-16-20(2,18)19)17-10-7-13(11-17)5-3-6-13;/h16H,3-11H2,1-2H3,(H,14,15);1H. The summed E-state index contributed by atoms with van der Waals surface area (Å²) < 4.78 is 24.4. The molecule has 0 aromatic rings. The van der Waals surface area contributed by atoms with Crippen LogP contribution in [-0.4, -0.2) is 58.8 Å². The second-order valence-electron chi connectivity index (χ2n) is 6.02. The van der Waals surface area contributed by atoms with Crippen LogP contribution in [0.4, 0.5) is 0 Å². The molecule has 1 saturated heterocycles. The summed E-state index contributed by atoms with van der Waals surface area (Å²) in [7, 11) is -1.27. The van der Waals surface area contributed by atoms with Crippen molar-refractivity contribution in [3.8, 4) is 0 Å². The summed E-state index contributed by atoms with van der Waals surface area (Å²) in [5.74, 6) is 0.952. The molecule has 2 aliphatic rings. The number of aliphatic imine (C=N–C) groups is 1. The van der Waals surface area contributed by atoms with Crippen molar-refractivity contribution < 1.29 is 8.42 Å². The molecule has 0 aromatic heterocycles. The molecule has 1 saturated carbocycles. The van der Waals surface area contributed by atoms with E-state index in [4.69, 9.17) is 0 Å². The molecular formula is C13H27IN4O2S. The molecule has 2 fully saturated rings. The first kappa shape index (κ1) is 19.0. The summed E-state index contributed by atoms with van der Waals surface area (Å²) in [5, 5.41) is 3.32. The second kappa shape index (κ2) is 7.96. The van der Waals surface area contributed by atoms with Crippen LogP contribution in [0.2, 0.25) is 0 Å². The van der Waals surface area contributed by atoms with E-state index in [2.05, 4.69) is 19.9 Å². The van der Waals surface area contributed by atoms with Crippen LogP contribution in [0, 0.1) is 5.41 Å². The molecule has 1 aliphatic carbocycles. The average Bonchev–Trinajstić information content (AvgIpc) is 2.77. The first-order valence-corrected chi connectivity index (χ1v) is 9.24. The van der Waals surface area contributed by atoms with E-state index in [0.717, 1.165) is 32.0 Å². The van der Waals surface area contributed by atoms with E-state index in [9.17, 15) is 8.42 Å². The molecular weight excluding hydrogens is 403 g/mol. The predicted molar refractivity (Wildman–Crippen MR) is 96.7 cm³/mol. The first-order valence-electron chi connectivity index (χ1n) is 7.34. The third kappa shape index (κ3) is 5.55. The smallest absolute Gasteiger partial charge is 0.208 e. The molecule has 8 heteroatoms. The van der Waals surface area contributed by atoms with Gasteiger partial charge in [-0.15, -0.1) is 24.0 Å². The lowest BCUT2D eigenvalue weighted by Gasteiger charge is -2.38. The molecule has 1 aliphatic heterocycles. The molecule has 2 N–H and O–H groups in total. The number of guanidine groups is 1. The van der Waals surface area contributed by atoms with E-state index >= 15 is 0 Å². The van der Waals surface area contributed by atoms with E-state index in [1.807, 2.05) is 7.05 Å². The van der Waals surface area contributed by atoms with Gasteiger partial charge >= 0.3 is 0 Å². The van der Waals surface area contributed by atoms with Crippen molar-refractivity contribution in [3.63, 3.8) is 0 Å². The van der Waals surface area contributed by atoms with Gasteiger partial charge in [0.1, 0.15) is 0 Å². The predicted octanol–water partition coefficient (Wildman–Crippen LogP) is 0.995. The zero-order chi connectivity index (χ0) is 14.6. The van der Waals surface area contributed by atoms with Crippen LogP contribution in [0.25, 0.3) is 0 Å². The van der Waals surface area contributed by atoms with Crippen molar-refractivity contribution in [2.45, 2.75) is 32.1 Å². The number of rotatable bonds is 5. The Morgan fingerprint density at radius 1 is 1.29 bits per heavy atom. The molecule has 2 rings (SSSR count). The van der Waals surface area contributed by atoms with E-state index in [-0.39, 0.29) is 24.0 Å². The highest BCUT2D eigenvalue weighted by Gasteiger charge is 2.43. The Hall–Kier alpha value is -0.0900. The Morgan fingerprint density at radius 3 is 2.48 bits per heavy atom. The maximum atomic E-state index is 10.9. The summed E-state index contributed by atoms with van der Waals surface area (Å²) in [5.41, 5.74) is 0.565. The third-order valence-electron chi connectivity index (χ3n) is 4.36. The topological polar surface area (TPSA) is 73.8 Å². The van der Waals surface area contributed by atoms with Gasteiger partial charge in [-0.1, -0.05) is 6.42 Å². The number of likely N-dealkylation sites (tertiary alicyclic amines) is 1. The van der Waals surface area contributed by atoms with Crippen LogP contribution in [0.1, 0.15) is 32.1 Å². The summed E-state index contributed by atoms with van der Waals surface area (Å²) in [4.78, 5) is 6.67. The quantitative estimate of drug-likeness (QED) is 0.296. The van der Waals surface area contributed by atoms with Gasteiger partial charge in [0.15, 0.2) is 5.96 Å². The fraction of sp³-hybridized carbons (Fsp3) is 0.923. The Bertz CT molecular complexity index is 463. The van der Waals surface area contributed by atoms with Crippen molar-refractivity contribution in [1.82, 2.24) is 14.9 Å². The minimum Gasteiger partial charge on any atom is -0.356 e. The van der Waals surface area contributed by atoms with Crippen molar-refractivity contribution in [2.75, 3.05) is 39.5 Å². The largest absolute Gasteiger partial charge is 0.356 e. The van der Waals surface area contributed by atoms with Crippen LogP contribution in [0.15, 0.2) is 4.99 Å². The molecule has 1 spiro atoms. The molecule has 0 radical (unpaired) electrons. The van der Waals surface area contributed by atoms with Crippen LogP contribution in [0.5, 0.6) is 0 Å². The second-order valence-corrected chi connectivity index (χ2v) is 7.85. The highest BCUT2D eigenvalue weighted by molar-refractivity contribution is 14.0. The molecule has 124 valence electrons. The average molecular weight is 430 g/mol. The lowest BCUT2D eigenvalue weighted by molar-refractivity contribution is 0.151. The van der Waals surface area contributed by atoms with Gasteiger partial charge < -0.3 is 10.2 Å². The molecule has 0 unspecified atom stereocenters.